The monoisotopic (exact) mass is 370 g/mol. The highest BCUT2D eigenvalue weighted by molar-refractivity contribution is 5.73. The molecule has 6 unspecified atom stereocenters. The van der Waals surface area contributed by atoms with Gasteiger partial charge in [0.25, 0.3) is 0 Å². The summed E-state index contributed by atoms with van der Waals surface area (Å²) in [4.78, 5) is 11.1. The van der Waals surface area contributed by atoms with Gasteiger partial charge in [0.1, 0.15) is 42.7 Å². The van der Waals surface area contributed by atoms with E-state index in [1.165, 1.54) is 7.11 Å². The predicted molar refractivity (Wildman–Crippen MR) is 74.0 cm³/mol. The van der Waals surface area contributed by atoms with Crippen LogP contribution in [0.3, 0.4) is 0 Å². The Labute approximate surface area is 141 Å². The maximum atomic E-state index is 11.1. The van der Waals surface area contributed by atoms with E-state index >= 15 is 0 Å². The van der Waals surface area contributed by atoms with Crippen molar-refractivity contribution in [2.45, 2.75) is 61.4 Å². The topological polar surface area (TPSA) is 196 Å². The molecule has 0 aliphatic carbocycles. The van der Waals surface area contributed by atoms with E-state index in [4.69, 9.17) is 19.3 Å². The Morgan fingerprint density at radius 3 is 2.12 bits per heavy atom. The van der Waals surface area contributed by atoms with E-state index in [-0.39, 0.29) is 0 Å². The van der Waals surface area contributed by atoms with Gasteiger partial charge in [0.15, 0.2) is 18.7 Å². The van der Waals surface area contributed by atoms with Crippen LogP contribution in [0.1, 0.15) is 0 Å². The first-order valence-corrected chi connectivity index (χ1v) is 7.46. The average molecular weight is 370 g/mol. The molecule has 0 saturated carbocycles. The molecule has 12 nitrogen and oxygen atoms in total. The van der Waals surface area contributed by atoms with Crippen molar-refractivity contribution in [3.8, 4) is 0 Å². The summed E-state index contributed by atoms with van der Waals surface area (Å²) < 4.78 is 20.0. The van der Waals surface area contributed by atoms with Crippen molar-refractivity contribution >= 4 is 5.97 Å². The van der Waals surface area contributed by atoms with E-state index in [0.717, 1.165) is 0 Å². The zero-order valence-electron chi connectivity index (χ0n) is 13.2. The zero-order valence-corrected chi connectivity index (χ0v) is 13.2. The predicted octanol–water partition coefficient (Wildman–Crippen LogP) is -4.65. The number of aliphatic carboxylic acids is 1. The fourth-order valence-corrected chi connectivity index (χ4v) is 2.81. The average Bonchev–Trinajstić information content (AvgIpc) is 2.57. The van der Waals surface area contributed by atoms with Crippen LogP contribution in [-0.2, 0) is 23.7 Å². The van der Waals surface area contributed by atoms with E-state index in [1.54, 1.807) is 0 Å². The summed E-state index contributed by atoms with van der Waals surface area (Å²) >= 11 is 0. The van der Waals surface area contributed by atoms with Crippen LogP contribution in [-0.4, -0.2) is 117 Å². The summed E-state index contributed by atoms with van der Waals surface area (Å²) in [6.45, 7) is -0.646. The molecule has 0 aromatic rings. The Balaban J connectivity index is 2.18. The summed E-state index contributed by atoms with van der Waals surface area (Å²) in [6.07, 6.45) is -16.3. The summed E-state index contributed by atoms with van der Waals surface area (Å²) in [5.74, 6) is -1.60. The molecule has 0 amide bonds. The van der Waals surface area contributed by atoms with Crippen LogP contribution in [0.25, 0.3) is 0 Å². The van der Waals surface area contributed by atoms with Gasteiger partial charge < -0.3 is 54.7 Å². The molecular weight excluding hydrogens is 348 g/mol. The molecule has 146 valence electrons. The van der Waals surface area contributed by atoms with Crippen molar-refractivity contribution in [3.63, 3.8) is 0 Å². The standard InChI is InChI=1S/C13H22O12/c1-22-8-4(15)3(2-14)23-13(7(8)18)25-9-5(16)10(11(19)20)24-12(21)6(9)17/h3-10,12-18,21H,2H2,1H3,(H,19,20)/t3?,4-,5+,6?,7?,8?,9?,10?,12+,13-/m0/s1. The number of ether oxygens (including phenoxy) is 4. The van der Waals surface area contributed by atoms with Crippen molar-refractivity contribution < 1.29 is 59.5 Å². The first kappa shape index (κ1) is 20.4. The lowest BCUT2D eigenvalue weighted by atomic mass is 9.96. The number of methoxy groups -OCH3 is 1. The van der Waals surface area contributed by atoms with Gasteiger partial charge in [-0.25, -0.2) is 4.79 Å². The summed E-state index contributed by atoms with van der Waals surface area (Å²) in [6, 6.07) is 0. The van der Waals surface area contributed by atoms with Crippen LogP contribution in [0.4, 0.5) is 0 Å². The molecule has 0 bridgehead atoms. The largest absolute Gasteiger partial charge is 0.479 e. The van der Waals surface area contributed by atoms with Crippen LogP contribution in [0, 0.1) is 0 Å². The van der Waals surface area contributed by atoms with Crippen molar-refractivity contribution in [2.75, 3.05) is 13.7 Å². The number of carboxylic acids is 1. The van der Waals surface area contributed by atoms with Gasteiger partial charge in [0.2, 0.25) is 0 Å². The van der Waals surface area contributed by atoms with Gasteiger partial charge in [-0.15, -0.1) is 0 Å². The molecular formula is C13H22O12. The van der Waals surface area contributed by atoms with Gasteiger partial charge in [-0.1, -0.05) is 0 Å². The fraction of sp³-hybridized carbons (Fsp3) is 0.923. The SMILES string of the molecule is COC1C(O)[C@H](OC2C(O)[C@H](O)OC(C(=O)O)[C@@H]2O)OC(CO)[C@@H]1O. The quantitative estimate of drug-likeness (QED) is 0.245. The second-order valence-corrected chi connectivity index (χ2v) is 5.77. The molecule has 2 fully saturated rings. The molecule has 0 radical (unpaired) electrons. The van der Waals surface area contributed by atoms with Gasteiger partial charge in [-0.3, -0.25) is 0 Å². The van der Waals surface area contributed by atoms with E-state index in [1.807, 2.05) is 0 Å². The normalized spacial score (nSPS) is 48.3. The van der Waals surface area contributed by atoms with Crippen LogP contribution in [0.2, 0.25) is 0 Å². The van der Waals surface area contributed by atoms with E-state index in [0.29, 0.717) is 0 Å². The molecule has 2 rings (SSSR count). The van der Waals surface area contributed by atoms with Gasteiger partial charge >= 0.3 is 5.97 Å². The van der Waals surface area contributed by atoms with Crippen LogP contribution in [0.15, 0.2) is 0 Å². The minimum Gasteiger partial charge on any atom is -0.479 e. The molecule has 0 aromatic carbocycles. The van der Waals surface area contributed by atoms with Crippen molar-refractivity contribution in [3.05, 3.63) is 0 Å². The number of carboxylic acid groups (broad SMARTS) is 1. The molecule has 25 heavy (non-hydrogen) atoms. The van der Waals surface area contributed by atoms with Gasteiger partial charge in [-0.2, -0.15) is 0 Å². The summed E-state index contributed by atoms with van der Waals surface area (Å²) in [7, 11) is 1.19. The summed E-state index contributed by atoms with van der Waals surface area (Å²) in [5, 5.41) is 67.8. The number of hydrogen-bond donors (Lipinski definition) is 7. The van der Waals surface area contributed by atoms with Gasteiger partial charge in [0.05, 0.1) is 6.61 Å². The van der Waals surface area contributed by atoms with Crippen molar-refractivity contribution in [1.82, 2.24) is 0 Å². The first-order chi connectivity index (χ1) is 11.7. The van der Waals surface area contributed by atoms with Crippen LogP contribution < -0.4 is 0 Å². The van der Waals surface area contributed by atoms with Gasteiger partial charge in [-0.05, 0) is 0 Å². The highest BCUT2D eigenvalue weighted by atomic mass is 16.7. The molecule has 0 aromatic heterocycles. The number of rotatable bonds is 5. The maximum absolute atomic E-state index is 11.1. The minimum absolute atomic E-state index is 0.646. The van der Waals surface area contributed by atoms with E-state index in [2.05, 4.69) is 4.74 Å². The number of carbonyl (C=O) groups is 1. The highest BCUT2D eigenvalue weighted by Gasteiger charge is 2.52. The second-order valence-electron chi connectivity index (χ2n) is 5.77. The highest BCUT2D eigenvalue weighted by Crippen LogP contribution is 2.29. The Morgan fingerprint density at radius 1 is 0.960 bits per heavy atom. The Hall–Kier alpha value is -0.930. The number of hydrogen-bond acceptors (Lipinski definition) is 11. The number of aliphatic hydroxyl groups excluding tert-OH is 6. The Kier molecular flexibility index (Phi) is 6.67. The van der Waals surface area contributed by atoms with Crippen LogP contribution >= 0.6 is 0 Å². The lowest BCUT2D eigenvalue weighted by Crippen LogP contribution is -2.65. The zero-order chi connectivity index (χ0) is 18.9. The Bertz CT molecular complexity index is 460. The van der Waals surface area contributed by atoms with Crippen molar-refractivity contribution in [2.24, 2.45) is 0 Å². The molecule has 2 heterocycles. The molecule has 2 saturated heterocycles. The molecule has 2 aliphatic heterocycles. The smallest absolute Gasteiger partial charge is 0.335 e. The number of aliphatic hydroxyl groups is 6. The molecule has 7 N–H and O–H groups in total. The maximum Gasteiger partial charge on any atom is 0.335 e. The molecule has 12 heteroatoms. The van der Waals surface area contributed by atoms with E-state index < -0.39 is 74.0 Å². The third kappa shape index (κ3) is 3.93. The summed E-state index contributed by atoms with van der Waals surface area (Å²) in [5.41, 5.74) is 0. The first-order valence-electron chi connectivity index (χ1n) is 7.46. The molecule has 2 aliphatic rings. The van der Waals surface area contributed by atoms with Crippen LogP contribution in [0.5, 0.6) is 0 Å². The third-order valence-corrected chi connectivity index (χ3v) is 4.19. The third-order valence-electron chi connectivity index (χ3n) is 4.19. The molecule has 10 atom stereocenters. The van der Waals surface area contributed by atoms with Crippen molar-refractivity contribution in [1.29, 1.82) is 0 Å². The Morgan fingerprint density at radius 2 is 1.60 bits per heavy atom. The molecule has 0 spiro atoms. The lowest BCUT2D eigenvalue weighted by Gasteiger charge is -2.45. The van der Waals surface area contributed by atoms with Gasteiger partial charge in [0, 0.05) is 7.11 Å². The lowest BCUT2D eigenvalue weighted by molar-refractivity contribution is -0.353. The fourth-order valence-electron chi connectivity index (χ4n) is 2.81. The second kappa shape index (κ2) is 8.18. The van der Waals surface area contributed by atoms with E-state index in [9.17, 15) is 35.4 Å². The minimum atomic E-state index is -1.97.